The van der Waals surface area contributed by atoms with E-state index in [4.69, 9.17) is 5.73 Å². The number of carbonyl (C=O) groups excluding carboxylic acids is 1. The third kappa shape index (κ3) is 3.67. The van der Waals surface area contributed by atoms with Gasteiger partial charge in [-0.15, -0.1) is 0 Å². The molecule has 0 saturated carbocycles. The molecular weight excluding hydrogens is 338 g/mol. The molecule has 2 aromatic rings. The van der Waals surface area contributed by atoms with Gasteiger partial charge in [0.15, 0.2) is 0 Å². The average Bonchev–Trinajstić information content (AvgIpc) is 2.95. The predicted octanol–water partition coefficient (Wildman–Crippen LogP) is 2.25. The first-order chi connectivity index (χ1) is 11.9. The first-order valence-corrected chi connectivity index (χ1v) is 9.73. The number of nitrogens with one attached hydrogen (secondary N) is 1. The Kier molecular flexibility index (Phi) is 4.78. The second-order valence-electron chi connectivity index (χ2n) is 6.10. The number of sulfonamides is 1. The summed E-state index contributed by atoms with van der Waals surface area (Å²) in [7, 11) is -3.26. The largest absolute Gasteiger partial charge is 0.326 e. The van der Waals surface area contributed by atoms with Crippen LogP contribution in [0.25, 0.3) is 0 Å². The van der Waals surface area contributed by atoms with Crippen LogP contribution in [0.4, 0.5) is 11.4 Å². The Morgan fingerprint density at radius 1 is 1.20 bits per heavy atom. The Bertz CT molecular complexity index is 892. The van der Waals surface area contributed by atoms with E-state index in [9.17, 15) is 13.2 Å². The maximum atomic E-state index is 12.4. The highest BCUT2D eigenvalue weighted by molar-refractivity contribution is 7.93. The normalized spacial score (nSPS) is 16.0. The minimum absolute atomic E-state index is 0.163. The van der Waals surface area contributed by atoms with E-state index in [1.165, 1.54) is 4.31 Å². The summed E-state index contributed by atoms with van der Waals surface area (Å²) in [5.41, 5.74) is 9.07. The molecule has 25 heavy (non-hydrogen) atoms. The molecule has 0 aliphatic carbocycles. The third-order valence-corrected chi connectivity index (χ3v) is 6.14. The molecular formula is C18H21N3O3S. The van der Waals surface area contributed by atoms with E-state index < -0.39 is 10.0 Å². The van der Waals surface area contributed by atoms with Crippen LogP contribution in [-0.4, -0.2) is 26.6 Å². The van der Waals surface area contributed by atoms with Crippen molar-refractivity contribution < 1.29 is 13.2 Å². The van der Waals surface area contributed by atoms with Crippen molar-refractivity contribution in [2.45, 2.75) is 19.9 Å². The van der Waals surface area contributed by atoms with Gasteiger partial charge in [-0.05, 0) is 48.7 Å². The van der Waals surface area contributed by atoms with E-state index >= 15 is 0 Å². The van der Waals surface area contributed by atoms with Crippen molar-refractivity contribution >= 4 is 27.3 Å². The maximum Gasteiger partial charge on any atom is 0.255 e. The summed E-state index contributed by atoms with van der Waals surface area (Å²) in [6, 6.07) is 12.4. The van der Waals surface area contributed by atoms with Crippen molar-refractivity contribution in [3.63, 3.8) is 0 Å². The topological polar surface area (TPSA) is 92.5 Å². The Morgan fingerprint density at radius 3 is 2.52 bits per heavy atom. The van der Waals surface area contributed by atoms with Crippen LogP contribution in [0.1, 0.15) is 27.9 Å². The van der Waals surface area contributed by atoms with E-state index in [0.717, 1.165) is 11.1 Å². The minimum Gasteiger partial charge on any atom is -0.326 e. The van der Waals surface area contributed by atoms with Gasteiger partial charge in [-0.25, -0.2) is 8.42 Å². The summed E-state index contributed by atoms with van der Waals surface area (Å²) in [6.07, 6.45) is 0.617. The molecule has 1 amide bonds. The molecule has 1 aliphatic rings. The highest BCUT2D eigenvalue weighted by Gasteiger charge is 2.29. The number of amides is 1. The number of hydrogen-bond donors (Lipinski definition) is 2. The summed E-state index contributed by atoms with van der Waals surface area (Å²) in [5.74, 6) is -0.0843. The Balaban J connectivity index is 1.83. The van der Waals surface area contributed by atoms with Gasteiger partial charge in [-0.2, -0.15) is 0 Å². The second-order valence-corrected chi connectivity index (χ2v) is 8.11. The number of nitrogens with two attached hydrogens (primary N) is 1. The third-order valence-electron chi connectivity index (χ3n) is 4.29. The van der Waals surface area contributed by atoms with Gasteiger partial charge in [0, 0.05) is 24.3 Å². The number of aryl methyl sites for hydroxylation is 1. The van der Waals surface area contributed by atoms with E-state index in [2.05, 4.69) is 5.32 Å². The van der Waals surface area contributed by atoms with Gasteiger partial charge in [-0.1, -0.05) is 18.2 Å². The molecule has 0 aromatic heterocycles. The van der Waals surface area contributed by atoms with Crippen LogP contribution in [0, 0.1) is 6.92 Å². The maximum absolute atomic E-state index is 12.4. The van der Waals surface area contributed by atoms with Crippen molar-refractivity contribution in [2.24, 2.45) is 5.73 Å². The highest BCUT2D eigenvalue weighted by atomic mass is 32.2. The number of benzene rings is 2. The van der Waals surface area contributed by atoms with Crippen LogP contribution < -0.4 is 15.4 Å². The van der Waals surface area contributed by atoms with Gasteiger partial charge in [0.2, 0.25) is 10.0 Å². The summed E-state index contributed by atoms with van der Waals surface area (Å²) in [4.78, 5) is 12.4. The minimum atomic E-state index is -3.26. The van der Waals surface area contributed by atoms with Crippen LogP contribution in [0.2, 0.25) is 0 Å². The van der Waals surface area contributed by atoms with Gasteiger partial charge < -0.3 is 11.1 Å². The van der Waals surface area contributed by atoms with Crippen LogP contribution in [0.15, 0.2) is 42.5 Å². The number of carbonyl (C=O) groups is 1. The Morgan fingerprint density at radius 2 is 1.92 bits per heavy atom. The molecule has 1 saturated heterocycles. The molecule has 2 aromatic carbocycles. The standard InChI is InChI=1S/C18H21N3O3S/c1-13-3-8-16(11-17(13)21-9-2-10-25(21,23)24)20-18(22)15-6-4-14(12-19)5-7-15/h3-8,11H,2,9-10,12,19H2,1H3,(H,20,22). The fraction of sp³-hybridized carbons (Fsp3) is 0.278. The smallest absolute Gasteiger partial charge is 0.255 e. The molecule has 0 atom stereocenters. The number of rotatable bonds is 4. The molecule has 132 valence electrons. The SMILES string of the molecule is Cc1ccc(NC(=O)c2ccc(CN)cc2)cc1N1CCCS1(=O)=O. The molecule has 0 unspecified atom stereocenters. The van der Waals surface area contributed by atoms with Gasteiger partial charge in [-0.3, -0.25) is 9.10 Å². The lowest BCUT2D eigenvalue weighted by atomic mass is 10.1. The predicted molar refractivity (Wildman–Crippen MR) is 99.2 cm³/mol. The van der Waals surface area contributed by atoms with Crippen LogP contribution >= 0.6 is 0 Å². The lowest BCUT2D eigenvalue weighted by Crippen LogP contribution is -2.26. The molecule has 3 N–H and O–H groups in total. The number of nitrogens with zero attached hydrogens (tertiary/aromatic N) is 1. The van der Waals surface area contributed by atoms with Crippen molar-refractivity contribution in [3.8, 4) is 0 Å². The Hall–Kier alpha value is -2.38. The summed E-state index contributed by atoms with van der Waals surface area (Å²) in [5, 5.41) is 2.82. The van der Waals surface area contributed by atoms with Gasteiger partial charge in [0.25, 0.3) is 5.91 Å². The van der Waals surface area contributed by atoms with E-state index in [1.807, 2.05) is 25.1 Å². The van der Waals surface area contributed by atoms with E-state index in [-0.39, 0.29) is 11.7 Å². The molecule has 6 nitrogen and oxygen atoms in total. The van der Waals surface area contributed by atoms with E-state index in [0.29, 0.717) is 36.4 Å². The quantitative estimate of drug-likeness (QED) is 0.876. The van der Waals surface area contributed by atoms with E-state index in [1.54, 1.807) is 24.3 Å². The van der Waals surface area contributed by atoms with Crippen LogP contribution in [0.3, 0.4) is 0 Å². The van der Waals surface area contributed by atoms with Crippen LogP contribution in [0.5, 0.6) is 0 Å². The highest BCUT2D eigenvalue weighted by Crippen LogP contribution is 2.30. The first kappa shape index (κ1) is 17.4. The lowest BCUT2D eigenvalue weighted by Gasteiger charge is -2.20. The molecule has 1 aliphatic heterocycles. The molecule has 0 spiro atoms. The lowest BCUT2D eigenvalue weighted by molar-refractivity contribution is 0.102. The summed E-state index contributed by atoms with van der Waals surface area (Å²) < 4.78 is 25.7. The van der Waals surface area contributed by atoms with Crippen molar-refractivity contribution in [1.29, 1.82) is 0 Å². The van der Waals surface area contributed by atoms with Crippen molar-refractivity contribution in [3.05, 3.63) is 59.2 Å². The number of hydrogen-bond acceptors (Lipinski definition) is 4. The number of anilines is 2. The molecule has 7 heteroatoms. The summed E-state index contributed by atoms with van der Waals surface area (Å²) in [6.45, 7) is 2.76. The molecule has 0 radical (unpaired) electrons. The average molecular weight is 359 g/mol. The zero-order valence-electron chi connectivity index (χ0n) is 14.0. The van der Waals surface area contributed by atoms with Gasteiger partial charge in [0.1, 0.15) is 0 Å². The summed E-state index contributed by atoms with van der Waals surface area (Å²) >= 11 is 0. The van der Waals surface area contributed by atoms with Crippen LogP contribution in [-0.2, 0) is 16.6 Å². The van der Waals surface area contributed by atoms with Crippen molar-refractivity contribution in [1.82, 2.24) is 0 Å². The monoisotopic (exact) mass is 359 g/mol. The Labute approximate surface area is 147 Å². The van der Waals surface area contributed by atoms with Gasteiger partial charge in [0.05, 0.1) is 11.4 Å². The fourth-order valence-corrected chi connectivity index (χ4v) is 4.48. The molecule has 3 rings (SSSR count). The molecule has 0 bridgehead atoms. The van der Waals surface area contributed by atoms with Gasteiger partial charge >= 0.3 is 0 Å². The fourth-order valence-electron chi connectivity index (χ4n) is 2.86. The van der Waals surface area contributed by atoms with Crippen molar-refractivity contribution in [2.75, 3.05) is 21.9 Å². The second kappa shape index (κ2) is 6.85. The zero-order chi connectivity index (χ0) is 18.0. The molecule has 1 heterocycles. The molecule has 1 fully saturated rings. The first-order valence-electron chi connectivity index (χ1n) is 8.12. The zero-order valence-corrected chi connectivity index (χ0v) is 14.8.